The molecule has 0 saturated carbocycles. The van der Waals surface area contributed by atoms with Gasteiger partial charge in [-0.05, 0) is 36.5 Å². The van der Waals surface area contributed by atoms with Gasteiger partial charge in [0.15, 0.2) is 0 Å². The zero-order valence-corrected chi connectivity index (χ0v) is 14.4. The second-order valence-electron chi connectivity index (χ2n) is 6.12. The molecule has 1 saturated heterocycles. The van der Waals surface area contributed by atoms with Gasteiger partial charge in [-0.2, -0.15) is 0 Å². The van der Waals surface area contributed by atoms with E-state index in [1.54, 1.807) is 12.1 Å². The summed E-state index contributed by atoms with van der Waals surface area (Å²) < 4.78 is 18.7. The number of likely N-dealkylation sites (tertiary alicyclic amines) is 1. The standard InChI is InChI=1S/C17H20FN3O2S/c1-12-5-7-21(8-6-12)16(22)11-24-17-20-19-15(23-17)10-13-3-2-4-14(18)9-13/h2-4,9,12H,5-8,10-11H2,1H3. The summed E-state index contributed by atoms with van der Waals surface area (Å²) in [6.07, 6.45) is 2.51. The zero-order chi connectivity index (χ0) is 16.9. The van der Waals surface area contributed by atoms with Crippen molar-refractivity contribution in [2.75, 3.05) is 18.8 Å². The molecule has 0 atom stereocenters. The molecule has 0 bridgehead atoms. The minimum atomic E-state index is -0.289. The van der Waals surface area contributed by atoms with E-state index < -0.39 is 0 Å². The van der Waals surface area contributed by atoms with Gasteiger partial charge in [-0.25, -0.2) is 4.39 Å². The molecule has 1 aliphatic rings. The molecule has 5 nitrogen and oxygen atoms in total. The lowest BCUT2D eigenvalue weighted by atomic mass is 9.99. The van der Waals surface area contributed by atoms with Gasteiger partial charge in [-0.1, -0.05) is 30.8 Å². The van der Waals surface area contributed by atoms with Crippen molar-refractivity contribution in [3.63, 3.8) is 0 Å². The van der Waals surface area contributed by atoms with Crippen LogP contribution < -0.4 is 0 Å². The molecule has 1 amide bonds. The van der Waals surface area contributed by atoms with E-state index >= 15 is 0 Å². The van der Waals surface area contributed by atoms with Gasteiger partial charge in [0, 0.05) is 13.1 Å². The smallest absolute Gasteiger partial charge is 0.277 e. The number of amides is 1. The first-order chi connectivity index (χ1) is 11.6. The molecule has 0 N–H and O–H groups in total. The third-order valence-electron chi connectivity index (χ3n) is 4.15. The van der Waals surface area contributed by atoms with Crippen LogP contribution in [0.15, 0.2) is 33.9 Å². The summed E-state index contributed by atoms with van der Waals surface area (Å²) in [5.41, 5.74) is 0.772. The number of thioether (sulfide) groups is 1. The van der Waals surface area contributed by atoms with Crippen molar-refractivity contribution in [1.82, 2.24) is 15.1 Å². The van der Waals surface area contributed by atoms with Gasteiger partial charge in [-0.3, -0.25) is 4.79 Å². The number of halogens is 1. The van der Waals surface area contributed by atoms with Gasteiger partial charge in [0.2, 0.25) is 11.8 Å². The number of carbonyl (C=O) groups excluding carboxylic acids is 1. The Morgan fingerprint density at radius 2 is 2.17 bits per heavy atom. The van der Waals surface area contributed by atoms with Crippen LogP contribution in [0.5, 0.6) is 0 Å². The van der Waals surface area contributed by atoms with E-state index in [1.807, 2.05) is 4.90 Å². The molecule has 2 aromatic rings. The van der Waals surface area contributed by atoms with Crippen molar-refractivity contribution in [3.05, 3.63) is 41.5 Å². The number of hydrogen-bond donors (Lipinski definition) is 0. The lowest BCUT2D eigenvalue weighted by molar-refractivity contribution is -0.129. The molecule has 128 valence electrons. The monoisotopic (exact) mass is 349 g/mol. The fourth-order valence-corrected chi connectivity index (χ4v) is 3.35. The van der Waals surface area contributed by atoms with Crippen LogP contribution in [0.1, 0.15) is 31.2 Å². The molecule has 2 heterocycles. The number of benzene rings is 1. The van der Waals surface area contributed by atoms with Crippen molar-refractivity contribution in [2.45, 2.75) is 31.4 Å². The maximum Gasteiger partial charge on any atom is 0.277 e. The Balaban J connectivity index is 1.50. The van der Waals surface area contributed by atoms with Gasteiger partial charge in [0.05, 0.1) is 12.2 Å². The minimum Gasteiger partial charge on any atom is -0.416 e. The Hall–Kier alpha value is -1.89. The van der Waals surface area contributed by atoms with Gasteiger partial charge < -0.3 is 9.32 Å². The van der Waals surface area contributed by atoms with Gasteiger partial charge in [-0.15, -0.1) is 10.2 Å². The van der Waals surface area contributed by atoms with Crippen LogP contribution in [0, 0.1) is 11.7 Å². The molecule has 7 heteroatoms. The Labute approximate surface area is 144 Å². The van der Waals surface area contributed by atoms with Gasteiger partial charge in [0.1, 0.15) is 5.82 Å². The summed E-state index contributed by atoms with van der Waals surface area (Å²) in [5, 5.41) is 8.28. The van der Waals surface area contributed by atoms with Crippen LogP contribution in [-0.4, -0.2) is 39.8 Å². The van der Waals surface area contributed by atoms with E-state index in [2.05, 4.69) is 17.1 Å². The normalized spacial score (nSPS) is 15.7. The first-order valence-corrected chi connectivity index (χ1v) is 9.06. The number of carbonyl (C=O) groups is 1. The lowest BCUT2D eigenvalue weighted by Gasteiger charge is -2.30. The maximum absolute atomic E-state index is 13.2. The number of piperidine rings is 1. The molecule has 1 aliphatic heterocycles. The lowest BCUT2D eigenvalue weighted by Crippen LogP contribution is -2.38. The fourth-order valence-electron chi connectivity index (χ4n) is 2.66. The highest BCUT2D eigenvalue weighted by molar-refractivity contribution is 7.99. The van der Waals surface area contributed by atoms with Gasteiger partial charge in [0.25, 0.3) is 5.22 Å². The van der Waals surface area contributed by atoms with Crippen LogP contribution in [0.4, 0.5) is 4.39 Å². The van der Waals surface area contributed by atoms with Crippen molar-refractivity contribution in [1.29, 1.82) is 0 Å². The second-order valence-corrected chi connectivity index (χ2v) is 7.05. The zero-order valence-electron chi connectivity index (χ0n) is 13.6. The molecule has 3 rings (SSSR count). The van der Waals surface area contributed by atoms with Crippen LogP contribution in [0.25, 0.3) is 0 Å². The second kappa shape index (κ2) is 7.79. The van der Waals surface area contributed by atoms with E-state index in [0.29, 0.717) is 29.2 Å². The van der Waals surface area contributed by atoms with E-state index in [9.17, 15) is 9.18 Å². The first kappa shape index (κ1) is 17.0. The largest absolute Gasteiger partial charge is 0.416 e. The molecule has 1 fully saturated rings. The molecular formula is C17H20FN3O2S. The highest BCUT2D eigenvalue weighted by atomic mass is 32.2. The number of aromatic nitrogens is 2. The topological polar surface area (TPSA) is 59.2 Å². The first-order valence-electron chi connectivity index (χ1n) is 8.07. The predicted octanol–water partition coefficient (Wildman–Crippen LogP) is 3.15. The Kier molecular flexibility index (Phi) is 5.50. The summed E-state index contributed by atoms with van der Waals surface area (Å²) in [7, 11) is 0. The van der Waals surface area contributed by atoms with Crippen molar-refractivity contribution in [2.24, 2.45) is 5.92 Å². The third kappa shape index (κ3) is 4.56. The van der Waals surface area contributed by atoms with E-state index in [4.69, 9.17) is 4.42 Å². The van der Waals surface area contributed by atoms with E-state index in [1.165, 1.54) is 23.9 Å². The SMILES string of the molecule is CC1CCN(C(=O)CSc2nnc(Cc3cccc(F)c3)o2)CC1. The third-order valence-corrected chi connectivity index (χ3v) is 4.95. The molecule has 24 heavy (non-hydrogen) atoms. The number of nitrogens with zero attached hydrogens (tertiary/aromatic N) is 3. The molecule has 1 aromatic carbocycles. The van der Waals surface area contributed by atoms with Crippen molar-refractivity contribution < 1.29 is 13.6 Å². The van der Waals surface area contributed by atoms with Crippen LogP contribution >= 0.6 is 11.8 Å². The van der Waals surface area contributed by atoms with Crippen LogP contribution in [0.2, 0.25) is 0 Å². The predicted molar refractivity (Wildman–Crippen MR) is 89.2 cm³/mol. The van der Waals surface area contributed by atoms with E-state index in [-0.39, 0.29) is 11.7 Å². The highest BCUT2D eigenvalue weighted by Gasteiger charge is 2.21. The molecule has 0 radical (unpaired) electrons. The van der Waals surface area contributed by atoms with E-state index in [0.717, 1.165) is 31.5 Å². The maximum atomic E-state index is 13.2. The minimum absolute atomic E-state index is 0.108. The summed E-state index contributed by atoms with van der Waals surface area (Å²) >= 11 is 1.25. The summed E-state index contributed by atoms with van der Waals surface area (Å²) in [6.45, 7) is 3.87. The van der Waals surface area contributed by atoms with Crippen molar-refractivity contribution in [3.8, 4) is 0 Å². The fraction of sp³-hybridized carbons (Fsp3) is 0.471. The van der Waals surface area contributed by atoms with Crippen molar-refractivity contribution >= 4 is 17.7 Å². The molecule has 0 unspecified atom stereocenters. The summed E-state index contributed by atoms with van der Waals surface area (Å²) in [4.78, 5) is 14.1. The molecule has 0 aliphatic carbocycles. The Bertz CT molecular complexity index is 699. The van der Waals surface area contributed by atoms with Gasteiger partial charge >= 0.3 is 0 Å². The molecular weight excluding hydrogens is 329 g/mol. The average molecular weight is 349 g/mol. The summed E-state index contributed by atoms with van der Waals surface area (Å²) in [6, 6.07) is 6.29. The number of hydrogen-bond acceptors (Lipinski definition) is 5. The molecule has 0 spiro atoms. The summed E-state index contributed by atoms with van der Waals surface area (Å²) in [5.74, 6) is 1.24. The Morgan fingerprint density at radius 3 is 2.92 bits per heavy atom. The average Bonchev–Trinajstić information content (AvgIpc) is 3.01. The van der Waals surface area contributed by atoms with Crippen LogP contribution in [0.3, 0.4) is 0 Å². The van der Waals surface area contributed by atoms with Crippen LogP contribution in [-0.2, 0) is 11.2 Å². The highest BCUT2D eigenvalue weighted by Crippen LogP contribution is 2.21. The molecule has 1 aromatic heterocycles. The Morgan fingerprint density at radius 1 is 1.38 bits per heavy atom. The quantitative estimate of drug-likeness (QED) is 0.776. The number of rotatable bonds is 5.